The van der Waals surface area contributed by atoms with Gasteiger partial charge in [-0.05, 0) is 51.9 Å². The van der Waals surface area contributed by atoms with E-state index in [2.05, 4.69) is 13.8 Å². The second-order valence-electron chi connectivity index (χ2n) is 7.26. The molecule has 106 valence electrons. The second-order valence-corrected chi connectivity index (χ2v) is 7.26. The molecule has 1 aliphatic rings. The van der Waals surface area contributed by atoms with Crippen molar-refractivity contribution in [3.05, 3.63) is 0 Å². The van der Waals surface area contributed by atoms with E-state index in [1.165, 1.54) is 0 Å². The fraction of sp³-hybridized carbons (Fsp3) is 0.929. The Morgan fingerprint density at radius 3 is 2.33 bits per heavy atom. The lowest BCUT2D eigenvalue weighted by Crippen LogP contribution is -2.45. The van der Waals surface area contributed by atoms with Crippen molar-refractivity contribution < 1.29 is 14.4 Å². The Kier molecular flexibility index (Phi) is 4.44. The van der Waals surface area contributed by atoms with Crippen molar-refractivity contribution in [1.29, 1.82) is 0 Å². The highest BCUT2D eigenvalue weighted by Crippen LogP contribution is 2.44. The molecule has 2 N–H and O–H groups in total. The van der Waals surface area contributed by atoms with Gasteiger partial charge in [-0.25, -0.2) is 5.90 Å². The molecule has 0 bridgehead atoms. The van der Waals surface area contributed by atoms with Crippen molar-refractivity contribution in [1.82, 2.24) is 0 Å². The van der Waals surface area contributed by atoms with Crippen LogP contribution in [0.1, 0.15) is 66.7 Å². The summed E-state index contributed by atoms with van der Waals surface area (Å²) in [6.45, 7) is 9.98. The molecule has 0 radical (unpaired) electrons. The van der Waals surface area contributed by atoms with Crippen molar-refractivity contribution in [2.75, 3.05) is 0 Å². The fourth-order valence-electron chi connectivity index (χ4n) is 2.87. The fourth-order valence-corrected chi connectivity index (χ4v) is 2.87. The largest absolute Gasteiger partial charge is 0.460 e. The summed E-state index contributed by atoms with van der Waals surface area (Å²) in [6.07, 6.45) is 4.05. The quantitative estimate of drug-likeness (QED) is 0.623. The van der Waals surface area contributed by atoms with Crippen molar-refractivity contribution in [2.45, 2.75) is 77.9 Å². The van der Waals surface area contributed by atoms with Crippen LogP contribution in [0.4, 0.5) is 0 Å². The monoisotopic (exact) mass is 257 g/mol. The first-order valence-corrected chi connectivity index (χ1v) is 6.67. The molecule has 4 heteroatoms. The lowest BCUT2D eigenvalue weighted by molar-refractivity contribution is -0.169. The predicted octanol–water partition coefficient (Wildman–Crippen LogP) is 2.95. The first kappa shape index (κ1) is 15.4. The van der Waals surface area contributed by atoms with E-state index in [4.69, 9.17) is 15.5 Å². The SMILES string of the molecule is CC1(C)CCCC(CC(=O)OC(C)(C)C)(ON)C1. The third-order valence-electron chi connectivity index (χ3n) is 3.42. The molecule has 1 rings (SSSR count). The van der Waals surface area contributed by atoms with Gasteiger partial charge in [0.05, 0.1) is 6.42 Å². The van der Waals surface area contributed by atoms with Crippen molar-refractivity contribution >= 4 is 5.97 Å². The summed E-state index contributed by atoms with van der Waals surface area (Å²) in [5.41, 5.74) is -0.846. The zero-order valence-electron chi connectivity index (χ0n) is 12.3. The molecule has 18 heavy (non-hydrogen) atoms. The van der Waals surface area contributed by atoms with Crippen molar-refractivity contribution in [3.63, 3.8) is 0 Å². The van der Waals surface area contributed by atoms with Gasteiger partial charge in [0.25, 0.3) is 0 Å². The average Bonchev–Trinajstić information content (AvgIpc) is 2.12. The van der Waals surface area contributed by atoms with Crippen LogP contribution in [0.3, 0.4) is 0 Å². The van der Waals surface area contributed by atoms with Gasteiger partial charge >= 0.3 is 5.97 Å². The minimum absolute atomic E-state index is 0.166. The normalized spacial score (nSPS) is 27.9. The van der Waals surface area contributed by atoms with Crippen LogP contribution in [-0.2, 0) is 14.4 Å². The number of ether oxygens (including phenoxy) is 1. The summed E-state index contributed by atoms with van der Waals surface area (Å²) in [7, 11) is 0. The summed E-state index contributed by atoms with van der Waals surface area (Å²) >= 11 is 0. The Morgan fingerprint density at radius 2 is 1.89 bits per heavy atom. The smallest absolute Gasteiger partial charge is 0.309 e. The van der Waals surface area contributed by atoms with E-state index >= 15 is 0 Å². The maximum Gasteiger partial charge on any atom is 0.309 e. The average molecular weight is 257 g/mol. The number of nitrogens with two attached hydrogens (primary N) is 1. The van der Waals surface area contributed by atoms with Crippen LogP contribution in [0.15, 0.2) is 0 Å². The molecule has 0 aliphatic heterocycles. The van der Waals surface area contributed by atoms with Crippen LogP contribution in [0.5, 0.6) is 0 Å². The number of carbonyl (C=O) groups excluding carboxylic acids is 1. The Bertz CT molecular complexity index is 307. The van der Waals surface area contributed by atoms with E-state index in [1.807, 2.05) is 20.8 Å². The number of esters is 1. The zero-order valence-corrected chi connectivity index (χ0v) is 12.3. The van der Waals surface area contributed by atoms with Gasteiger partial charge in [-0.3, -0.25) is 9.63 Å². The number of carbonyl (C=O) groups is 1. The van der Waals surface area contributed by atoms with Gasteiger partial charge in [-0.15, -0.1) is 0 Å². The highest BCUT2D eigenvalue weighted by molar-refractivity contribution is 5.71. The van der Waals surface area contributed by atoms with Crippen LogP contribution in [0.25, 0.3) is 0 Å². The Balaban J connectivity index is 2.68. The number of rotatable bonds is 3. The molecule has 0 saturated heterocycles. The van der Waals surface area contributed by atoms with Crippen LogP contribution in [0, 0.1) is 5.41 Å². The summed E-state index contributed by atoms with van der Waals surface area (Å²) in [4.78, 5) is 17.1. The van der Waals surface area contributed by atoms with E-state index in [0.717, 1.165) is 25.7 Å². The summed E-state index contributed by atoms with van der Waals surface area (Å²) in [5, 5.41) is 0. The van der Waals surface area contributed by atoms with Gasteiger partial charge in [0.2, 0.25) is 0 Å². The first-order chi connectivity index (χ1) is 8.08. The zero-order chi connectivity index (χ0) is 14.0. The van der Waals surface area contributed by atoms with Crippen LogP contribution >= 0.6 is 0 Å². The molecule has 0 spiro atoms. The van der Waals surface area contributed by atoms with Crippen LogP contribution in [0.2, 0.25) is 0 Å². The minimum atomic E-state index is -0.552. The molecule has 0 aromatic rings. The van der Waals surface area contributed by atoms with Gasteiger partial charge in [-0.1, -0.05) is 13.8 Å². The molecule has 0 amide bonds. The van der Waals surface area contributed by atoms with E-state index in [9.17, 15) is 4.79 Å². The lowest BCUT2D eigenvalue weighted by Gasteiger charge is -2.43. The topological polar surface area (TPSA) is 61.5 Å². The highest BCUT2D eigenvalue weighted by atomic mass is 16.6. The Morgan fingerprint density at radius 1 is 1.28 bits per heavy atom. The summed E-state index contributed by atoms with van der Waals surface area (Å²) in [5.74, 6) is 5.23. The van der Waals surface area contributed by atoms with Gasteiger partial charge in [0, 0.05) is 0 Å². The van der Waals surface area contributed by atoms with Gasteiger partial charge in [0.15, 0.2) is 0 Å². The second kappa shape index (κ2) is 5.17. The van der Waals surface area contributed by atoms with Crippen molar-refractivity contribution in [3.8, 4) is 0 Å². The third kappa shape index (κ3) is 4.58. The van der Waals surface area contributed by atoms with Gasteiger partial charge in [0.1, 0.15) is 11.2 Å². The lowest BCUT2D eigenvalue weighted by atomic mass is 9.68. The Hall–Kier alpha value is -0.610. The van der Waals surface area contributed by atoms with E-state index in [-0.39, 0.29) is 17.8 Å². The molecular weight excluding hydrogens is 230 g/mol. The molecule has 0 aromatic carbocycles. The minimum Gasteiger partial charge on any atom is -0.460 e. The highest BCUT2D eigenvalue weighted by Gasteiger charge is 2.43. The number of hydrogen-bond acceptors (Lipinski definition) is 4. The van der Waals surface area contributed by atoms with E-state index < -0.39 is 11.2 Å². The molecule has 1 saturated carbocycles. The van der Waals surface area contributed by atoms with Crippen LogP contribution in [-0.4, -0.2) is 17.2 Å². The molecule has 1 unspecified atom stereocenters. The van der Waals surface area contributed by atoms with E-state index in [0.29, 0.717) is 0 Å². The maximum atomic E-state index is 11.9. The Labute approximate surface area is 110 Å². The molecule has 0 aromatic heterocycles. The first-order valence-electron chi connectivity index (χ1n) is 6.67. The molecule has 1 atom stereocenters. The molecular formula is C14H27NO3. The van der Waals surface area contributed by atoms with Gasteiger partial charge < -0.3 is 4.74 Å². The van der Waals surface area contributed by atoms with Gasteiger partial charge in [-0.2, -0.15) is 0 Å². The standard InChI is InChI=1S/C14H27NO3/c1-12(2,3)17-11(16)9-14(18-15)8-6-7-13(4,5)10-14/h6-10,15H2,1-5H3. The number of hydrogen-bond donors (Lipinski definition) is 1. The molecule has 0 heterocycles. The summed E-state index contributed by atoms with van der Waals surface area (Å²) in [6, 6.07) is 0. The molecule has 1 aliphatic carbocycles. The molecule has 4 nitrogen and oxygen atoms in total. The maximum absolute atomic E-state index is 11.9. The third-order valence-corrected chi connectivity index (χ3v) is 3.42. The van der Waals surface area contributed by atoms with Crippen LogP contribution < -0.4 is 5.90 Å². The summed E-state index contributed by atoms with van der Waals surface area (Å²) < 4.78 is 5.36. The van der Waals surface area contributed by atoms with Crippen molar-refractivity contribution in [2.24, 2.45) is 11.3 Å². The van der Waals surface area contributed by atoms with E-state index in [1.54, 1.807) is 0 Å². The predicted molar refractivity (Wildman–Crippen MR) is 70.7 cm³/mol. The molecule has 1 fully saturated rings.